The number of hydrogen-bond acceptors (Lipinski definition) is 7. The van der Waals surface area contributed by atoms with Crippen molar-refractivity contribution in [3.8, 4) is 0 Å². The molecule has 8 heteroatoms. The number of furan rings is 1. The van der Waals surface area contributed by atoms with E-state index in [1.807, 2.05) is 0 Å². The number of hydrogen-bond donors (Lipinski definition) is 1. The zero-order valence-electron chi connectivity index (χ0n) is 11.5. The summed E-state index contributed by atoms with van der Waals surface area (Å²) in [5.41, 5.74) is 0.471. The maximum Gasteiger partial charge on any atom is 0.373 e. The summed E-state index contributed by atoms with van der Waals surface area (Å²) >= 11 is 0. The van der Waals surface area contributed by atoms with Gasteiger partial charge in [0.05, 0.1) is 18.6 Å². The third-order valence-electron chi connectivity index (χ3n) is 2.77. The Bertz CT molecular complexity index is 680. The van der Waals surface area contributed by atoms with E-state index in [0.29, 0.717) is 23.7 Å². The summed E-state index contributed by atoms with van der Waals surface area (Å²) in [6.45, 7) is 1.93. The van der Waals surface area contributed by atoms with Crippen molar-refractivity contribution in [3.63, 3.8) is 0 Å². The van der Waals surface area contributed by atoms with Crippen molar-refractivity contribution in [2.24, 2.45) is 0 Å². The number of nitrogens with one attached hydrogen (secondary N) is 1. The summed E-state index contributed by atoms with van der Waals surface area (Å²) in [5, 5.41) is 13.7. The molecule has 0 aromatic carbocycles. The van der Waals surface area contributed by atoms with Crippen LogP contribution in [0.4, 0.5) is 11.5 Å². The van der Waals surface area contributed by atoms with Crippen molar-refractivity contribution in [3.05, 3.63) is 51.6 Å². The number of carbonyl (C=O) groups excluding carboxylic acids is 1. The Morgan fingerprint density at radius 3 is 2.90 bits per heavy atom. The molecule has 0 bridgehead atoms. The highest BCUT2D eigenvalue weighted by atomic mass is 16.6. The van der Waals surface area contributed by atoms with Crippen LogP contribution in [0.15, 0.2) is 28.8 Å². The van der Waals surface area contributed by atoms with E-state index in [9.17, 15) is 14.9 Å². The fraction of sp³-hybridized carbons (Fsp3) is 0.231. The fourth-order valence-corrected chi connectivity index (χ4v) is 1.70. The molecule has 0 fully saturated rings. The molecule has 0 saturated carbocycles. The smallest absolute Gasteiger partial charge is 0.373 e. The number of methoxy groups -OCH3 is 1. The number of ether oxygens (including phenoxy) is 1. The van der Waals surface area contributed by atoms with Crippen molar-refractivity contribution in [1.29, 1.82) is 0 Å². The molecule has 0 spiro atoms. The molecular formula is C13H13N3O5. The van der Waals surface area contributed by atoms with Gasteiger partial charge in [0.2, 0.25) is 5.76 Å². The Kier molecular flexibility index (Phi) is 4.17. The molecule has 2 aromatic heterocycles. The molecule has 2 aromatic rings. The van der Waals surface area contributed by atoms with Gasteiger partial charge in [-0.25, -0.2) is 9.78 Å². The number of rotatable bonds is 5. The van der Waals surface area contributed by atoms with Gasteiger partial charge in [0.15, 0.2) is 0 Å². The lowest BCUT2D eigenvalue weighted by atomic mass is 10.2. The molecule has 2 heterocycles. The minimum Gasteiger partial charge on any atom is -0.463 e. The number of nitrogens with zero attached hydrogens (tertiary/aromatic N) is 2. The molecule has 1 N–H and O–H groups in total. The standard InChI is InChI=1S/C13H13N3O5/c1-8-5-12(15-7-10(8)16(18)19)14-6-9-3-4-11(21-9)13(17)20-2/h3-5,7H,6H2,1-2H3,(H,14,15). The Morgan fingerprint density at radius 1 is 1.52 bits per heavy atom. The molecule has 0 aliphatic rings. The fourth-order valence-electron chi connectivity index (χ4n) is 1.70. The average molecular weight is 291 g/mol. The Labute approximate surface area is 119 Å². The molecule has 2 rings (SSSR count). The first-order chi connectivity index (χ1) is 10.0. The summed E-state index contributed by atoms with van der Waals surface area (Å²) in [6.07, 6.45) is 1.19. The molecule has 0 aliphatic heterocycles. The first-order valence-corrected chi connectivity index (χ1v) is 6.03. The monoisotopic (exact) mass is 291 g/mol. The van der Waals surface area contributed by atoms with E-state index in [4.69, 9.17) is 4.42 Å². The maximum atomic E-state index is 11.2. The number of pyridine rings is 1. The molecule has 8 nitrogen and oxygen atoms in total. The van der Waals surface area contributed by atoms with E-state index in [2.05, 4.69) is 15.0 Å². The normalized spacial score (nSPS) is 10.2. The molecule has 0 radical (unpaired) electrons. The largest absolute Gasteiger partial charge is 0.463 e. The van der Waals surface area contributed by atoms with Crippen LogP contribution in [0.5, 0.6) is 0 Å². The highest BCUT2D eigenvalue weighted by Crippen LogP contribution is 2.19. The molecule has 21 heavy (non-hydrogen) atoms. The predicted octanol–water partition coefficient (Wildman–Crippen LogP) is 2.29. The van der Waals surface area contributed by atoms with Crippen molar-refractivity contribution in [2.75, 3.05) is 12.4 Å². The minimum atomic E-state index is -0.550. The molecule has 110 valence electrons. The van der Waals surface area contributed by atoms with Crippen LogP contribution in [0.1, 0.15) is 21.9 Å². The lowest BCUT2D eigenvalue weighted by molar-refractivity contribution is -0.385. The first kappa shape index (κ1) is 14.5. The second-order valence-corrected chi connectivity index (χ2v) is 4.22. The van der Waals surface area contributed by atoms with Crippen molar-refractivity contribution >= 4 is 17.5 Å². The minimum absolute atomic E-state index is 0.0356. The number of nitro groups is 1. The van der Waals surface area contributed by atoms with Crippen LogP contribution >= 0.6 is 0 Å². The number of anilines is 1. The molecular weight excluding hydrogens is 278 g/mol. The average Bonchev–Trinajstić information content (AvgIpc) is 2.92. The SMILES string of the molecule is COC(=O)c1ccc(CNc2cc(C)c([N+](=O)[O-])cn2)o1. The zero-order valence-corrected chi connectivity index (χ0v) is 11.5. The predicted molar refractivity (Wildman–Crippen MR) is 73.0 cm³/mol. The van der Waals surface area contributed by atoms with Gasteiger partial charge < -0.3 is 14.5 Å². The van der Waals surface area contributed by atoms with Gasteiger partial charge in [-0.3, -0.25) is 10.1 Å². The zero-order chi connectivity index (χ0) is 15.4. The number of esters is 1. The number of carbonyl (C=O) groups is 1. The third-order valence-corrected chi connectivity index (χ3v) is 2.77. The highest BCUT2D eigenvalue weighted by Gasteiger charge is 2.13. The maximum absolute atomic E-state index is 11.2. The van der Waals surface area contributed by atoms with E-state index >= 15 is 0 Å². The van der Waals surface area contributed by atoms with Crippen LogP contribution in [-0.4, -0.2) is 23.0 Å². The van der Waals surface area contributed by atoms with Crippen LogP contribution in [0.2, 0.25) is 0 Å². The van der Waals surface area contributed by atoms with Gasteiger partial charge in [0.1, 0.15) is 17.8 Å². The van der Waals surface area contributed by atoms with E-state index in [0.717, 1.165) is 0 Å². The lowest BCUT2D eigenvalue weighted by Gasteiger charge is -2.04. The van der Waals surface area contributed by atoms with Gasteiger partial charge in [0.25, 0.3) is 5.69 Å². The molecule has 0 unspecified atom stereocenters. The Hall–Kier alpha value is -2.90. The van der Waals surface area contributed by atoms with Gasteiger partial charge in [0, 0.05) is 5.56 Å². The van der Waals surface area contributed by atoms with Gasteiger partial charge in [-0.15, -0.1) is 0 Å². The summed E-state index contributed by atoms with van der Waals surface area (Å²) in [4.78, 5) is 25.4. The summed E-state index contributed by atoms with van der Waals surface area (Å²) in [6, 6.07) is 4.72. The Morgan fingerprint density at radius 2 is 2.29 bits per heavy atom. The van der Waals surface area contributed by atoms with Crippen LogP contribution in [0.3, 0.4) is 0 Å². The van der Waals surface area contributed by atoms with Crippen molar-refractivity contribution < 1.29 is 18.9 Å². The van der Waals surface area contributed by atoms with Gasteiger partial charge in [-0.2, -0.15) is 0 Å². The van der Waals surface area contributed by atoms with E-state index < -0.39 is 10.9 Å². The second-order valence-electron chi connectivity index (χ2n) is 4.22. The molecule has 0 atom stereocenters. The van der Waals surface area contributed by atoms with Gasteiger partial charge >= 0.3 is 5.97 Å². The van der Waals surface area contributed by atoms with Crippen LogP contribution in [0, 0.1) is 17.0 Å². The molecule has 0 amide bonds. The molecule has 0 aliphatic carbocycles. The summed E-state index contributed by atoms with van der Waals surface area (Å²) in [5.74, 6) is 0.565. The second kappa shape index (κ2) is 6.04. The summed E-state index contributed by atoms with van der Waals surface area (Å²) < 4.78 is 9.81. The van der Waals surface area contributed by atoms with Crippen LogP contribution in [-0.2, 0) is 11.3 Å². The van der Waals surface area contributed by atoms with Gasteiger partial charge in [-0.1, -0.05) is 0 Å². The van der Waals surface area contributed by atoms with E-state index in [-0.39, 0.29) is 11.4 Å². The lowest BCUT2D eigenvalue weighted by Crippen LogP contribution is -2.02. The quantitative estimate of drug-likeness (QED) is 0.511. The van der Waals surface area contributed by atoms with E-state index in [1.165, 1.54) is 19.4 Å². The first-order valence-electron chi connectivity index (χ1n) is 6.03. The van der Waals surface area contributed by atoms with Gasteiger partial charge in [-0.05, 0) is 25.1 Å². The Balaban J connectivity index is 2.03. The van der Waals surface area contributed by atoms with Crippen molar-refractivity contribution in [2.45, 2.75) is 13.5 Å². The number of aryl methyl sites for hydroxylation is 1. The van der Waals surface area contributed by atoms with Crippen molar-refractivity contribution in [1.82, 2.24) is 4.98 Å². The topological polar surface area (TPSA) is 108 Å². The van der Waals surface area contributed by atoms with Crippen LogP contribution < -0.4 is 5.32 Å². The molecule has 0 saturated heterocycles. The third kappa shape index (κ3) is 3.35. The summed E-state index contributed by atoms with van der Waals surface area (Å²) in [7, 11) is 1.27. The van der Waals surface area contributed by atoms with E-state index in [1.54, 1.807) is 19.1 Å². The number of aromatic nitrogens is 1. The highest BCUT2D eigenvalue weighted by molar-refractivity contribution is 5.86. The van der Waals surface area contributed by atoms with Crippen LogP contribution in [0.25, 0.3) is 0 Å².